The van der Waals surface area contributed by atoms with Crippen LogP contribution in [0, 0.1) is 6.92 Å². The summed E-state index contributed by atoms with van der Waals surface area (Å²) in [5, 5.41) is 4.04. The molecule has 1 saturated heterocycles. The molecule has 0 saturated carbocycles. The minimum Gasteiger partial charge on any atom is -0.398 e. The molecule has 1 aliphatic heterocycles. The van der Waals surface area contributed by atoms with Gasteiger partial charge in [-0.25, -0.2) is 0 Å². The van der Waals surface area contributed by atoms with Gasteiger partial charge < -0.3 is 15.0 Å². The number of hydrogen-bond acceptors (Lipinski definition) is 5. The molecular weight excluding hydrogens is 230 g/mol. The van der Waals surface area contributed by atoms with Gasteiger partial charge in [0, 0.05) is 23.8 Å². The van der Waals surface area contributed by atoms with Crippen LogP contribution < -0.4 is 5.73 Å². The Morgan fingerprint density at radius 1 is 1.39 bits per heavy atom. The zero-order valence-electron chi connectivity index (χ0n) is 10.2. The number of nitrogens with zero attached hydrogens (tertiary/aromatic N) is 2. The van der Waals surface area contributed by atoms with Crippen molar-refractivity contribution in [2.45, 2.75) is 19.3 Å². The lowest BCUT2D eigenvalue weighted by molar-refractivity contribution is 0.192. The van der Waals surface area contributed by atoms with E-state index in [1.165, 1.54) is 0 Å². The standard InChI is InChI=1S/C13H15N3O2/c1-8-10(3-2-4-11(8)14)13-15-12(16-18-13)9-5-6-17-7-9/h2-4,9H,5-7,14H2,1H3. The topological polar surface area (TPSA) is 74.2 Å². The third kappa shape index (κ3) is 1.86. The number of nitrogens with two attached hydrogens (primary N) is 1. The van der Waals surface area contributed by atoms with E-state index >= 15 is 0 Å². The molecule has 0 amide bonds. The molecule has 1 aromatic carbocycles. The molecule has 1 unspecified atom stereocenters. The van der Waals surface area contributed by atoms with Crippen LogP contribution in [0.2, 0.25) is 0 Å². The summed E-state index contributed by atoms with van der Waals surface area (Å²) in [6, 6.07) is 5.69. The Bertz CT molecular complexity index is 559. The quantitative estimate of drug-likeness (QED) is 0.820. The minimum atomic E-state index is 0.254. The van der Waals surface area contributed by atoms with Crippen LogP contribution in [-0.2, 0) is 4.74 Å². The van der Waals surface area contributed by atoms with E-state index in [4.69, 9.17) is 15.0 Å². The molecule has 2 aromatic rings. The Balaban J connectivity index is 1.95. The maximum atomic E-state index is 5.88. The second-order valence-corrected chi connectivity index (χ2v) is 4.54. The molecule has 0 bridgehead atoms. The van der Waals surface area contributed by atoms with E-state index < -0.39 is 0 Å². The van der Waals surface area contributed by atoms with Crippen LogP contribution in [0.5, 0.6) is 0 Å². The SMILES string of the molecule is Cc1c(N)cccc1-c1nc(C2CCOC2)no1. The molecule has 0 spiro atoms. The highest BCUT2D eigenvalue weighted by molar-refractivity contribution is 5.66. The number of nitrogen functional groups attached to an aromatic ring is 1. The van der Waals surface area contributed by atoms with Crippen LogP contribution in [0.1, 0.15) is 23.7 Å². The molecule has 1 atom stereocenters. The van der Waals surface area contributed by atoms with Crippen molar-refractivity contribution in [3.8, 4) is 11.5 Å². The predicted octanol–water partition coefficient (Wildman–Crippen LogP) is 2.13. The fraction of sp³-hybridized carbons (Fsp3) is 0.385. The van der Waals surface area contributed by atoms with Gasteiger partial charge in [0.1, 0.15) is 0 Å². The number of anilines is 1. The Hall–Kier alpha value is -1.88. The molecule has 94 valence electrons. The molecule has 2 N–H and O–H groups in total. The summed E-state index contributed by atoms with van der Waals surface area (Å²) in [4.78, 5) is 4.45. The largest absolute Gasteiger partial charge is 0.398 e. The molecular formula is C13H15N3O2. The zero-order valence-corrected chi connectivity index (χ0v) is 10.2. The average Bonchev–Trinajstić information content (AvgIpc) is 3.01. The summed E-state index contributed by atoms with van der Waals surface area (Å²) in [5.41, 5.74) is 8.47. The number of ether oxygens (including phenoxy) is 1. The van der Waals surface area contributed by atoms with Crippen molar-refractivity contribution in [1.82, 2.24) is 10.1 Å². The van der Waals surface area contributed by atoms with Crippen LogP contribution in [0.25, 0.3) is 11.5 Å². The van der Waals surface area contributed by atoms with Crippen molar-refractivity contribution >= 4 is 5.69 Å². The van der Waals surface area contributed by atoms with Crippen molar-refractivity contribution in [3.05, 3.63) is 29.6 Å². The molecule has 1 aliphatic rings. The van der Waals surface area contributed by atoms with Gasteiger partial charge in [-0.1, -0.05) is 11.2 Å². The molecule has 5 heteroatoms. The van der Waals surface area contributed by atoms with Crippen molar-refractivity contribution < 1.29 is 9.26 Å². The lowest BCUT2D eigenvalue weighted by Crippen LogP contribution is -1.99. The second kappa shape index (κ2) is 4.42. The Labute approximate surface area is 105 Å². The smallest absolute Gasteiger partial charge is 0.258 e. The Morgan fingerprint density at radius 3 is 3.06 bits per heavy atom. The minimum absolute atomic E-state index is 0.254. The number of rotatable bonds is 2. The molecule has 1 aromatic heterocycles. The van der Waals surface area contributed by atoms with Gasteiger partial charge in [0.25, 0.3) is 5.89 Å². The van der Waals surface area contributed by atoms with Crippen LogP contribution in [0.3, 0.4) is 0 Å². The van der Waals surface area contributed by atoms with E-state index in [0.29, 0.717) is 12.5 Å². The molecule has 5 nitrogen and oxygen atoms in total. The summed E-state index contributed by atoms with van der Waals surface area (Å²) in [6.45, 7) is 3.40. The van der Waals surface area contributed by atoms with Crippen molar-refractivity contribution in [2.24, 2.45) is 0 Å². The second-order valence-electron chi connectivity index (χ2n) is 4.54. The lowest BCUT2D eigenvalue weighted by Gasteiger charge is -2.03. The molecule has 1 fully saturated rings. The van der Waals surface area contributed by atoms with Gasteiger partial charge >= 0.3 is 0 Å². The normalized spacial score (nSPS) is 19.3. The van der Waals surface area contributed by atoms with Gasteiger partial charge in [-0.3, -0.25) is 0 Å². The van der Waals surface area contributed by atoms with Gasteiger partial charge in [-0.2, -0.15) is 4.98 Å². The van der Waals surface area contributed by atoms with Gasteiger partial charge in [0.05, 0.1) is 6.61 Å². The van der Waals surface area contributed by atoms with E-state index in [-0.39, 0.29) is 5.92 Å². The first kappa shape index (κ1) is 11.2. The van der Waals surface area contributed by atoms with E-state index in [1.807, 2.05) is 25.1 Å². The van der Waals surface area contributed by atoms with Crippen LogP contribution in [0.15, 0.2) is 22.7 Å². The average molecular weight is 245 g/mol. The highest BCUT2D eigenvalue weighted by Crippen LogP contribution is 2.28. The van der Waals surface area contributed by atoms with Crippen molar-refractivity contribution in [2.75, 3.05) is 18.9 Å². The molecule has 2 heterocycles. The van der Waals surface area contributed by atoms with E-state index in [2.05, 4.69) is 10.1 Å². The Kier molecular flexibility index (Phi) is 2.76. The summed E-state index contributed by atoms with van der Waals surface area (Å²) in [5.74, 6) is 1.51. The highest BCUT2D eigenvalue weighted by Gasteiger charge is 2.23. The molecule has 18 heavy (non-hydrogen) atoms. The summed E-state index contributed by atoms with van der Waals surface area (Å²) >= 11 is 0. The predicted molar refractivity (Wildman–Crippen MR) is 67.1 cm³/mol. The van der Waals surface area contributed by atoms with Crippen LogP contribution >= 0.6 is 0 Å². The third-order valence-corrected chi connectivity index (χ3v) is 3.34. The van der Waals surface area contributed by atoms with Crippen molar-refractivity contribution in [1.29, 1.82) is 0 Å². The first-order valence-electron chi connectivity index (χ1n) is 6.02. The maximum absolute atomic E-state index is 5.88. The van der Waals surface area contributed by atoms with Gasteiger partial charge in [0.2, 0.25) is 0 Å². The summed E-state index contributed by atoms with van der Waals surface area (Å²) < 4.78 is 10.7. The molecule has 0 radical (unpaired) electrons. The van der Waals surface area contributed by atoms with Gasteiger partial charge in [0.15, 0.2) is 5.82 Å². The molecule has 3 rings (SSSR count). The highest BCUT2D eigenvalue weighted by atomic mass is 16.5. The number of hydrogen-bond donors (Lipinski definition) is 1. The monoisotopic (exact) mass is 245 g/mol. The van der Waals surface area contributed by atoms with Gasteiger partial charge in [-0.15, -0.1) is 0 Å². The fourth-order valence-corrected chi connectivity index (χ4v) is 2.13. The van der Waals surface area contributed by atoms with Crippen LogP contribution in [0.4, 0.5) is 5.69 Å². The Morgan fingerprint density at radius 2 is 2.28 bits per heavy atom. The van der Waals surface area contributed by atoms with E-state index in [9.17, 15) is 0 Å². The van der Waals surface area contributed by atoms with Crippen molar-refractivity contribution in [3.63, 3.8) is 0 Å². The molecule has 0 aliphatic carbocycles. The fourth-order valence-electron chi connectivity index (χ4n) is 2.13. The third-order valence-electron chi connectivity index (χ3n) is 3.34. The van der Waals surface area contributed by atoms with E-state index in [1.54, 1.807) is 0 Å². The number of benzene rings is 1. The first-order valence-corrected chi connectivity index (χ1v) is 6.02. The van der Waals surface area contributed by atoms with E-state index in [0.717, 1.165) is 35.7 Å². The number of aromatic nitrogens is 2. The zero-order chi connectivity index (χ0) is 12.5. The lowest BCUT2D eigenvalue weighted by atomic mass is 10.1. The van der Waals surface area contributed by atoms with Gasteiger partial charge in [-0.05, 0) is 31.0 Å². The summed E-state index contributed by atoms with van der Waals surface area (Å²) in [6.07, 6.45) is 0.953. The summed E-state index contributed by atoms with van der Waals surface area (Å²) in [7, 11) is 0. The maximum Gasteiger partial charge on any atom is 0.258 e. The van der Waals surface area contributed by atoms with Crippen LogP contribution in [-0.4, -0.2) is 23.4 Å². The first-order chi connectivity index (χ1) is 8.75.